The molecule has 24 heavy (non-hydrogen) atoms. The molecule has 136 valence electrons. The highest BCUT2D eigenvalue weighted by atomic mass is 32.2. The van der Waals surface area contributed by atoms with Gasteiger partial charge in [0.2, 0.25) is 0 Å². The van der Waals surface area contributed by atoms with E-state index in [4.69, 9.17) is 4.74 Å². The summed E-state index contributed by atoms with van der Waals surface area (Å²) in [5, 5.41) is 0. The van der Waals surface area contributed by atoms with Crippen molar-refractivity contribution in [1.29, 1.82) is 0 Å². The van der Waals surface area contributed by atoms with Crippen LogP contribution in [-0.4, -0.2) is 45.1 Å². The summed E-state index contributed by atoms with van der Waals surface area (Å²) >= 11 is 0. The number of nitrogens with one attached hydrogen (secondary N) is 1. The molecule has 1 aromatic rings. The van der Waals surface area contributed by atoms with E-state index in [2.05, 4.69) is 4.72 Å². The van der Waals surface area contributed by atoms with E-state index in [-0.39, 0.29) is 11.7 Å². The van der Waals surface area contributed by atoms with Crippen LogP contribution in [-0.2, 0) is 21.4 Å². The van der Waals surface area contributed by atoms with E-state index in [0.717, 1.165) is 18.4 Å². The van der Waals surface area contributed by atoms with Crippen molar-refractivity contribution in [2.24, 2.45) is 5.92 Å². The van der Waals surface area contributed by atoms with Crippen molar-refractivity contribution >= 4 is 10.2 Å². The van der Waals surface area contributed by atoms with E-state index >= 15 is 0 Å². The molecule has 1 saturated heterocycles. The lowest BCUT2D eigenvalue weighted by atomic mass is 9.96. The zero-order valence-corrected chi connectivity index (χ0v) is 15.4. The average Bonchev–Trinajstić information content (AvgIpc) is 2.49. The number of nitrogens with zero attached hydrogens (tertiary/aromatic N) is 1. The Morgan fingerprint density at radius 3 is 2.62 bits per heavy atom. The molecule has 1 aromatic carbocycles. The molecule has 0 bridgehead atoms. The first-order chi connectivity index (χ1) is 11.2. The Kier molecular flexibility index (Phi) is 6.36. The number of halogens is 1. The first-order valence-electron chi connectivity index (χ1n) is 8.24. The summed E-state index contributed by atoms with van der Waals surface area (Å²) in [6.07, 6.45) is 2.31. The van der Waals surface area contributed by atoms with Gasteiger partial charge in [0.05, 0.1) is 6.61 Å². The van der Waals surface area contributed by atoms with Crippen LogP contribution in [0.1, 0.15) is 32.3 Å². The van der Waals surface area contributed by atoms with Crippen LogP contribution in [0, 0.1) is 11.7 Å². The van der Waals surface area contributed by atoms with Crippen LogP contribution in [0.3, 0.4) is 0 Å². The van der Waals surface area contributed by atoms with Gasteiger partial charge in [-0.25, -0.2) is 4.39 Å². The number of benzene rings is 1. The molecule has 7 heteroatoms. The van der Waals surface area contributed by atoms with Crippen LogP contribution in [0.4, 0.5) is 4.39 Å². The van der Waals surface area contributed by atoms with Crippen LogP contribution in [0.2, 0.25) is 0 Å². The first-order valence-corrected chi connectivity index (χ1v) is 9.68. The fourth-order valence-electron chi connectivity index (χ4n) is 3.18. The summed E-state index contributed by atoms with van der Waals surface area (Å²) in [6.45, 7) is 5.26. The molecule has 1 heterocycles. The molecule has 5 nitrogen and oxygen atoms in total. The molecule has 1 fully saturated rings. The highest BCUT2D eigenvalue weighted by molar-refractivity contribution is 7.87. The monoisotopic (exact) mass is 358 g/mol. The number of piperidine rings is 1. The van der Waals surface area contributed by atoms with Crippen LogP contribution in [0.5, 0.6) is 0 Å². The van der Waals surface area contributed by atoms with Crippen molar-refractivity contribution in [2.45, 2.75) is 38.6 Å². The van der Waals surface area contributed by atoms with Gasteiger partial charge in [-0.2, -0.15) is 17.4 Å². The Labute approximate surface area is 144 Å². The Hall–Kier alpha value is -1.02. The average molecular weight is 358 g/mol. The summed E-state index contributed by atoms with van der Waals surface area (Å²) in [4.78, 5) is 0. The van der Waals surface area contributed by atoms with Crippen molar-refractivity contribution in [3.63, 3.8) is 0 Å². The van der Waals surface area contributed by atoms with Gasteiger partial charge >= 0.3 is 0 Å². The van der Waals surface area contributed by atoms with E-state index in [1.54, 1.807) is 19.2 Å². The number of rotatable bonds is 7. The smallest absolute Gasteiger partial charge is 0.279 e. The van der Waals surface area contributed by atoms with Gasteiger partial charge in [-0.15, -0.1) is 0 Å². The lowest BCUT2D eigenvalue weighted by Crippen LogP contribution is -2.53. The van der Waals surface area contributed by atoms with Gasteiger partial charge in [0, 0.05) is 25.7 Å². The van der Waals surface area contributed by atoms with Gasteiger partial charge < -0.3 is 4.74 Å². The van der Waals surface area contributed by atoms with E-state index in [0.29, 0.717) is 26.1 Å². The van der Waals surface area contributed by atoms with E-state index in [9.17, 15) is 12.8 Å². The van der Waals surface area contributed by atoms with Gasteiger partial charge in [0.25, 0.3) is 10.2 Å². The molecule has 0 saturated carbocycles. The Balaban J connectivity index is 2.02. The summed E-state index contributed by atoms with van der Waals surface area (Å²) in [5.41, 5.74) is 0.227. The van der Waals surface area contributed by atoms with Crippen LogP contribution < -0.4 is 4.72 Å². The van der Waals surface area contributed by atoms with Crippen molar-refractivity contribution in [2.75, 3.05) is 26.8 Å². The van der Waals surface area contributed by atoms with E-state index in [1.807, 2.05) is 13.8 Å². The zero-order valence-electron chi connectivity index (χ0n) is 14.6. The second kappa shape index (κ2) is 7.91. The number of ether oxygens (including phenoxy) is 1. The maximum absolute atomic E-state index is 13.0. The molecule has 0 amide bonds. The molecule has 1 aliphatic rings. The molecule has 0 aromatic heterocycles. The SMILES string of the molecule is COCC1CCCN(S(=O)(=O)NC(C)(C)Cc2ccc(F)cc2)C1. The predicted octanol–water partition coefficient (Wildman–Crippen LogP) is 2.34. The minimum atomic E-state index is -3.57. The van der Waals surface area contributed by atoms with Crippen molar-refractivity contribution in [1.82, 2.24) is 9.03 Å². The number of hydrogen-bond donors (Lipinski definition) is 1. The van der Waals surface area contributed by atoms with Gasteiger partial charge in [0.1, 0.15) is 5.82 Å². The lowest BCUT2D eigenvalue weighted by molar-refractivity contribution is 0.117. The van der Waals surface area contributed by atoms with Gasteiger partial charge in [-0.05, 0) is 56.7 Å². The maximum atomic E-state index is 13.0. The molecule has 1 aliphatic heterocycles. The summed E-state index contributed by atoms with van der Waals surface area (Å²) in [5.74, 6) is -0.0600. The van der Waals surface area contributed by atoms with Crippen LogP contribution in [0.15, 0.2) is 24.3 Å². The molecule has 1 unspecified atom stereocenters. The molecule has 0 radical (unpaired) electrons. The topological polar surface area (TPSA) is 58.6 Å². The number of methoxy groups -OCH3 is 1. The summed E-state index contributed by atoms with van der Waals surface area (Å²) in [6, 6.07) is 6.14. The van der Waals surface area contributed by atoms with Crippen molar-refractivity contribution in [3.05, 3.63) is 35.6 Å². The summed E-state index contributed by atoms with van der Waals surface area (Å²) in [7, 11) is -1.93. The zero-order chi connectivity index (χ0) is 17.8. The fourth-order valence-corrected chi connectivity index (χ4v) is 4.86. The van der Waals surface area contributed by atoms with Gasteiger partial charge in [-0.1, -0.05) is 12.1 Å². The largest absolute Gasteiger partial charge is 0.384 e. The highest BCUT2D eigenvalue weighted by Crippen LogP contribution is 2.21. The van der Waals surface area contributed by atoms with Gasteiger partial charge in [-0.3, -0.25) is 0 Å². The Morgan fingerprint density at radius 1 is 1.33 bits per heavy atom. The van der Waals surface area contributed by atoms with Gasteiger partial charge in [0.15, 0.2) is 0 Å². The molecule has 2 rings (SSSR count). The van der Waals surface area contributed by atoms with Crippen LogP contribution in [0.25, 0.3) is 0 Å². The molecule has 1 atom stereocenters. The maximum Gasteiger partial charge on any atom is 0.279 e. The Bertz CT molecular complexity index is 630. The molecule has 0 spiro atoms. The van der Waals surface area contributed by atoms with Crippen molar-refractivity contribution < 1.29 is 17.5 Å². The molecule has 0 aliphatic carbocycles. The molecular formula is C17H27FN2O3S. The normalized spacial score (nSPS) is 20.2. The fraction of sp³-hybridized carbons (Fsp3) is 0.647. The third-order valence-electron chi connectivity index (χ3n) is 4.19. The molecular weight excluding hydrogens is 331 g/mol. The van der Waals surface area contributed by atoms with Crippen LogP contribution >= 0.6 is 0 Å². The summed E-state index contributed by atoms with van der Waals surface area (Å²) < 4.78 is 47.9. The standard InChI is InChI=1S/C17H27FN2O3S/c1-17(2,11-14-6-8-16(18)9-7-14)19-24(21,22)20-10-4-5-15(12-20)13-23-3/h6-9,15,19H,4-5,10-13H2,1-3H3. The lowest BCUT2D eigenvalue weighted by Gasteiger charge is -2.35. The predicted molar refractivity (Wildman–Crippen MR) is 92.4 cm³/mol. The quantitative estimate of drug-likeness (QED) is 0.814. The minimum absolute atomic E-state index is 0.237. The van der Waals surface area contributed by atoms with E-state index < -0.39 is 15.7 Å². The third kappa shape index (κ3) is 5.51. The minimum Gasteiger partial charge on any atom is -0.384 e. The second-order valence-corrected chi connectivity index (χ2v) is 8.79. The Morgan fingerprint density at radius 2 is 2.00 bits per heavy atom. The second-order valence-electron chi connectivity index (χ2n) is 7.12. The van der Waals surface area contributed by atoms with Crippen molar-refractivity contribution in [3.8, 4) is 0 Å². The van der Waals surface area contributed by atoms with E-state index in [1.165, 1.54) is 16.4 Å². The number of hydrogen-bond acceptors (Lipinski definition) is 3. The molecule has 1 N–H and O–H groups in total. The third-order valence-corrected chi connectivity index (χ3v) is 6.01. The highest BCUT2D eigenvalue weighted by Gasteiger charge is 2.33. The first kappa shape index (κ1) is 19.3.